The highest BCUT2D eigenvalue weighted by Crippen LogP contribution is 2.26. The third kappa shape index (κ3) is 3.42. The van der Waals surface area contributed by atoms with Gasteiger partial charge in [0.05, 0.1) is 5.52 Å². The van der Waals surface area contributed by atoms with Gasteiger partial charge >= 0.3 is 0 Å². The van der Waals surface area contributed by atoms with Crippen molar-refractivity contribution in [2.45, 2.75) is 19.9 Å². The number of amides is 1. The van der Waals surface area contributed by atoms with Gasteiger partial charge in [-0.1, -0.05) is 23.7 Å². The second-order valence-corrected chi connectivity index (χ2v) is 8.63. The highest BCUT2D eigenvalue weighted by Gasteiger charge is 2.28. The van der Waals surface area contributed by atoms with Crippen molar-refractivity contribution in [1.29, 1.82) is 0 Å². The van der Waals surface area contributed by atoms with Crippen molar-refractivity contribution in [3.63, 3.8) is 0 Å². The molecule has 1 aliphatic rings. The number of aryl methyl sites for hydroxylation is 1. The van der Waals surface area contributed by atoms with E-state index in [9.17, 15) is 9.59 Å². The molecule has 3 heterocycles. The molecule has 0 radical (unpaired) electrons. The fraction of sp³-hybridized carbons (Fsp3) is 0.292. The second kappa shape index (κ2) is 7.98. The largest absolute Gasteiger partial charge is 0.368 e. The fourth-order valence-electron chi connectivity index (χ4n) is 4.60. The van der Waals surface area contributed by atoms with Gasteiger partial charge in [-0.25, -0.2) is 4.52 Å². The predicted molar refractivity (Wildman–Crippen MR) is 127 cm³/mol. The topological polar surface area (TPSA) is 62.9 Å². The van der Waals surface area contributed by atoms with Gasteiger partial charge in [-0.05, 0) is 50.2 Å². The van der Waals surface area contributed by atoms with Gasteiger partial charge in [0.25, 0.3) is 5.56 Å². The zero-order valence-corrected chi connectivity index (χ0v) is 18.8. The highest BCUT2D eigenvalue weighted by molar-refractivity contribution is 6.30. The fourth-order valence-corrected chi connectivity index (χ4v) is 4.72. The zero-order chi connectivity index (χ0) is 22.4. The van der Waals surface area contributed by atoms with Gasteiger partial charge in [0, 0.05) is 54.0 Å². The molecular weight excluding hydrogens is 426 g/mol. The van der Waals surface area contributed by atoms with E-state index >= 15 is 0 Å². The molecule has 8 heteroatoms. The van der Waals surface area contributed by atoms with Crippen LogP contribution in [0.15, 0.2) is 59.4 Å². The average Bonchev–Trinajstić information content (AvgIpc) is 3.13. The van der Waals surface area contributed by atoms with Crippen molar-refractivity contribution in [1.82, 2.24) is 19.1 Å². The number of benzene rings is 2. The van der Waals surface area contributed by atoms with E-state index < -0.39 is 6.04 Å². The van der Waals surface area contributed by atoms with Crippen LogP contribution in [-0.4, -0.2) is 51.2 Å². The van der Waals surface area contributed by atoms with E-state index in [2.05, 4.69) is 9.88 Å². The number of rotatable bonds is 3. The van der Waals surface area contributed by atoms with E-state index in [0.717, 1.165) is 35.4 Å². The molecule has 1 atom stereocenters. The van der Waals surface area contributed by atoms with Crippen LogP contribution in [0, 0.1) is 6.92 Å². The minimum atomic E-state index is -0.442. The summed E-state index contributed by atoms with van der Waals surface area (Å²) in [6, 6.07) is 16.6. The highest BCUT2D eigenvalue weighted by atomic mass is 35.5. The quantitative estimate of drug-likeness (QED) is 0.480. The van der Waals surface area contributed by atoms with Crippen LogP contribution in [0.25, 0.3) is 16.6 Å². The van der Waals surface area contributed by atoms with E-state index in [1.165, 1.54) is 6.07 Å². The van der Waals surface area contributed by atoms with Gasteiger partial charge in [-0.15, -0.1) is 0 Å². The maximum Gasteiger partial charge on any atom is 0.273 e. The van der Waals surface area contributed by atoms with Crippen molar-refractivity contribution < 1.29 is 4.79 Å². The molecule has 0 saturated carbocycles. The third-order valence-electron chi connectivity index (χ3n) is 6.20. The van der Waals surface area contributed by atoms with Crippen LogP contribution in [0.5, 0.6) is 0 Å². The molecule has 5 rings (SSSR count). The van der Waals surface area contributed by atoms with Crippen molar-refractivity contribution >= 4 is 39.7 Å². The first kappa shape index (κ1) is 20.6. The Labute approximate surface area is 190 Å². The summed E-state index contributed by atoms with van der Waals surface area (Å²) in [6.45, 7) is 6.61. The van der Waals surface area contributed by atoms with Crippen LogP contribution < -0.4 is 10.5 Å². The molecule has 0 N–H and O–H groups in total. The molecule has 0 aliphatic carbocycles. The molecule has 0 spiro atoms. The van der Waals surface area contributed by atoms with Gasteiger partial charge < -0.3 is 9.80 Å². The summed E-state index contributed by atoms with van der Waals surface area (Å²) in [6.07, 6.45) is 0. The zero-order valence-electron chi connectivity index (χ0n) is 18.0. The molecule has 1 amide bonds. The van der Waals surface area contributed by atoms with E-state index in [1.54, 1.807) is 0 Å². The predicted octanol–water partition coefficient (Wildman–Crippen LogP) is 3.52. The van der Waals surface area contributed by atoms with Gasteiger partial charge in [0.15, 0.2) is 5.65 Å². The molecule has 7 nitrogen and oxygen atoms in total. The lowest BCUT2D eigenvalue weighted by Gasteiger charge is -2.37. The summed E-state index contributed by atoms with van der Waals surface area (Å²) in [4.78, 5) is 34.0. The number of nitrogens with zero attached hydrogens (tertiary/aromatic N) is 5. The molecule has 1 fully saturated rings. The summed E-state index contributed by atoms with van der Waals surface area (Å²) in [5.41, 5.74) is 3.06. The summed E-state index contributed by atoms with van der Waals surface area (Å²) >= 11 is 6.00. The van der Waals surface area contributed by atoms with Crippen molar-refractivity contribution in [3.05, 3.63) is 75.7 Å². The van der Waals surface area contributed by atoms with E-state index in [0.29, 0.717) is 23.8 Å². The monoisotopic (exact) mass is 449 g/mol. The van der Waals surface area contributed by atoms with E-state index in [-0.39, 0.29) is 11.5 Å². The van der Waals surface area contributed by atoms with Crippen LogP contribution in [0.4, 0.5) is 5.69 Å². The maximum atomic E-state index is 13.5. The van der Waals surface area contributed by atoms with E-state index in [4.69, 9.17) is 11.6 Å². The van der Waals surface area contributed by atoms with Crippen molar-refractivity contribution in [2.75, 3.05) is 31.1 Å². The number of halogens is 1. The Kier molecular flexibility index (Phi) is 5.13. The Bertz CT molecular complexity index is 1370. The summed E-state index contributed by atoms with van der Waals surface area (Å²) in [5.74, 6) is 0.0570. The Morgan fingerprint density at radius 1 is 1.03 bits per heavy atom. The van der Waals surface area contributed by atoms with Crippen LogP contribution in [-0.2, 0) is 4.79 Å². The molecule has 4 aromatic rings. The van der Waals surface area contributed by atoms with Gasteiger partial charge in [-0.3, -0.25) is 14.3 Å². The Morgan fingerprint density at radius 2 is 1.72 bits per heavy atom. The lowest BCUT2D eigenvalue weighted by Crippen LogP contribution is -2.50. The minimum Gasteiger partial charge on any atom is -0.368 e. The lowest BCUT2D eigenvalue weighted by atomic mass is 10.2. The number of carbonyl (C=O) groups excluding carboxylic acids is 1. The number of piperazine rings is 1. The smallest absolute Gasteiger partial charge is 0.273 e. The molecule has 1 aliphatic heterocycles. The molecule has 1 saturated heterocycles. The first-order valence-electron chi connectivity index (χ1n) is 10.7. The first-order valence-corrected chi connectivity index (χ1v) is 11.1. The Balaban J connectivity index is 1.44. The van der Waals surface area contributed by atoms with Gasteiger partial charge in [0.1, 0.15) is 6.04 Å². The second-order valence-electron chi connectivity index (χ2n) is 8.20. The maximum absolute atomic E-state index is 13.5. The summed E-state index contributed by atoms with van der Waals surface area (Å²) < 4.78 is 3.85. The Hall–Kier alpha value is -3.32. The van der Waals surface area contributed by atoms with Crippen LogP contribution >= 0.6 is 11.6 Å². The number of hydrogen-bond donors (Lipinski definition) is 0. The van der Waals surface area contributed by atoms with Crippen LogP contribution in [0.2, 0.25) is 5.02 Å². The van der Waals surface area contributed by atoms with Crippen LogP contribution in [0.3, 0.4) is 0 Å². The van der Waals surface area contributed by atoms with Crippen LogP contribution in [0.1, 0.15) is 18.7 Å². The summed E-state index contributed by atoms with van der Waals surface area (Å²) in [5, 5.41) is 1.58. The first-order chi connectivity index (χ1) is 15.4. The van der Waals surface area contributed by atoms with Gasteiger partial charge in [-0.2, -0.15) is 4.98 Å². The number of fused-ring (bicyclic) bond motifs is 3. The van der Waals surface area contributed by atoms with Crippen molar-refractivity contribution in [3.8, 4) is 0 Å². The molecule has 2 aromatic carbocycles. The van der Waals surface area contributed by atoms with Gasteiger partial charge in [0.2, 0.25) is 5.91 Å². The van der Waals surface area contributed by atoms with E-state index in [1.807, 2.05) is 76.5 Å². The number of para-hydroxylation sites is 1. The number of aromatic nitrogens is 3. The summed E-state index contributed by atoms with van der Waals surface area (Å²) in [7, 11) is 0. The average molecular weight is 450 g/mol. The standard InChI is InChI=1S/C24H24ClN5O2/c1-16-15-22(31)26-23-20-5-3-4-6-21(20)30(29(16)23)17(2)24(32)28-13-11-27(12-14-28)19-9-7-18(25)8-10-19/h3-10,15,17H,11-14H2,1-2H3. The molecule has 1 unspecified atom stereocenters. The lowest BCUT2D eigenvalue weighted by molar-refractivity contribution is -0.134. The molecular formula is C24H24ClN5O2. The Morgan fingerprint density at radius 3 is 2.44 bits per heavy atom. The number of carbonyl (C=O) groups is 1. The number of anilines is 1. The normalized spacial score (nSPS) is 15.5. The molecule has 164 valence electrons. The van der Waals surface area contributed by atoms with Crippen molar-refractivity contribution in [2.24, 2.45) is 0 Å². The third-order valence-corrected chi connectivity index (χ3v) is 6.45. The SMILES string of the molecule is Cc1cc(=O)nc2c3ccccc3n(C(C)C(=O)N3CCN(c4ccc(Cl)cc4)CC3)n12. The number of hydrogen-bond acceptors (Lipinski definition) is 4. The molecule has 32 heavy (non-hydrogen) atoms. The minimum absolute atomic E-state index is 0.0570. The molecule has 0 bridgehead atoms. The molecule has 2 aromatic heterocycles.